The zero-order valence-electron chi connectivity index (χ0n) is 23.0. The molecule has 1 aliphatic rings. The van der Waals surface area contributed by atoms with Gasteiger partial charge < -0.3 is 14.6 Å². The average Bonchev–Trinajstić information content (AvgIpc) is 3.29. The number of ether oxygens (including phenoxy) is 2. The molecule has 0 saturated carbocycles. The van der Waals surface area contributed by atoms with Gasteiger partial charge in [0.2, 0.25) is 0 Å². The van der Waals surface area contributed by atoms with Crippen LogP contribution in [-0.2, 0) is 27.1 Å². The highest BCUT2D eigenvalue weighted by molar-refractivity contribution is 5.69. The number of rotatable bonds is 14. The van der Waals surface area contributed by atoms with E-state index in [1.165, 1.54) is 11.1 Å². The van der Waals surface area contributed by atoms with Crippen molar-refractivity contribution in [2.24, 2.45) is 0 Å². The number of aliphatic hydroxyl groups is 1. The summed E-state index contributed by atoms with van der Waals surface area (Å²) in [5, 5.41) is 10.8. The monoisotopic (exact) mass is 513 g/mol. The first kappa shape index (κ1) is 29.3. The molecule has 204 valence electrons. The molecule has 1 saturated heterocycles. The summed E-state index contributed by atoms with van der Waals surface area (Å²) < 4.78 is 25.2. The first-order valence-corrected chi connectivity index (χ1v) is 13.8. The van der Waals surface area contributed by atoms with E-state index in [-0.39, 0.29) is 24.5 Å². The number of likely N-dealkylation sites (tertiary alicyclic amines) is 1. The first-order valence-electron chi connectivity index (χ1n) is 13.8. The van der Waals surface area contributed by atoms with Crippen molar-refractivity contribution < 1.29 is 23.8 Å². The highest BCUT2D eigenvalue weighted by Crippen LogP contribution is 2.26. The molecule has 2 aromatic carbocycles. The molecule has 2 aromatic rings. The normalized spacial score (nSPS) is 17.6. The van der Waals surface area contributed by atoms with E-state index in [0.717, 1.165) is 56.2 Å². The van der Waals surface area contributed by atoms with Gasteiger partial charge in [0.15, 0.2) is 0 Å². The van der Waals surface area contributed by atoms with Gasteiger partial charge in [0.05, 0.1) is 25.4 Å². The third kappa shape index (κ3) is 9.20. The van der Waals surface area contributed by atoms with Gasteiger partial charge in [-0.1, -0.05) is 35.9 Å². The van der Waals surface area contributed by atoms with Crippen molar-refractivity contribution in [2.45, 2.75) is 90.9 Å². The Hall–Kier alpha value is -2.28. The second-order valence-corrected chi connectivity index (χ2v) is 10.4. The first-order chi connectivity index (χ1) is 17.8. The van der Waals surface area contributed by atoms with Crippen LogP contribution in [0.3, 0.4) is 0 Å². The van der Waals surface area contributed by atoms with Crippen molar-refractivity contribution in [1.82, 2.24) is 4.90 Å². The predicted octanol–water partition coefficient (Wildman–Crippen LogP) is 5.86. The molecule has 1 heterocycles. The van der Waals surface area contributed by atoms with E-state index in [2.05, 4.69) is 30.0 Å². The highest BCUT2D eigenvalue weighted by Gasteiger charge is 2.27. The number of aryl methyl sites for hydroxylation is 3. The molecule has 1 N–H and O–H groups in total. The van der Waals surface area contributed by atoms with E-state index in [9.17, 15) is 14.3 Å². The molecular formula is C31H44FNO4. The number of hydrogen-bond donors (Lipinski definition) is 1. The smallest absolute Gasteiger partial charge is 0.305 e. The lowest BCUT2D eigenvalue weighted by Gasteiger charge is -2.28. The summed E-state index contributed by atoms with van der Waals surface area (Å²) in [5.41, 5.74) is 5.22. The second-order valence-electron chi connectivity index (χ2n) is 10.4. The van der Waals surface area contributed by atoms with Gasteiger partial charge >= 0.3 is 5.97 Å². The van der Waals surface area contributed by atoms with Gasteiger partial charge in [-0.05, 0) is 101 Å². The molecule has 3 rings (SSSR count). The van der Waals surface area contributed by atoms with Crippen LogP contribution in [0.1, 0.15) is 79.9 Å². The Morgan fingerprint density at radius 3 is 2.76 bits per heavy atom. The Morgan fingerprint density at radius 2 is 2.00 bits per heavy atom. The van der Waals surface area contributed by atoms with E-state index in [1.54, 1.807) is 13.0 Å². The molecular weight excluding hydrogens is 469 g/mol. The minimum atomic E-state index is -0.587. The molecule has 5 nitrogen and oxygen atoms in total. The van der Waals surface area contributed by atoms with Crippen molar-refractivity contribution in [2.75, 3.05) is 26.3 Å². The van der Waals surface area contributed by atoms with Gasteiger partial charge in [-0.2, -0.15) is 0 Å². The number of halogens is 1. The molecule has 0 radical (unpaired) electrons. The standard InChI is InChI=1S/C31H44FNO4/c1-5-36-31(35)11-7-6-9-26-15-12-22(2)17-29(26)24(4)37-21-28(34)20-33-16-8-10-27(33)18-25-14-13-23(3)30(32)19-25/h12-15,17,19,24,27-28,34H,5-11,16,18,20-21H2,1-4H3/t24-,27+,28?/m1/s1. The van der Waals surface area contributed by atoms with Crippen molar-refractivity contribution in [3.8, 4) is 0 Å². The molecule has 1 unspecified atom stereocenters. The lowest BCUT2D eigenvalue weighted by Crippen LogP contribution is -2.39. The van der Waals surface area contributed by atoms with Gasteiger partial charge in [0.1, 0.15) is 5.82 Å². The summed E-state index contributed by atoms with van der Waals surface area (Å²) in [6.07, 6.45) is 5.25. The van der Waals surface area contributed by atoms with Crippen LogP contribution >= 0.6 is 0 Å². The van der Waals surface area contributed by atoms with E-state index in [1.807, 2.05) is 26.0 Å². The molecule has 1 fully saturated rings. The van der Waals surface area contributed by atoms with Crippen LogP contribution < -0.4 is 0 Å². The lowest BCUT2D eigenvalue weighted by molar-refractivity contribution is -0.143. The van der Waals surface area contributed by atoms with Crippen LogP contribution in [0.25, 0.3) is 0 Å². The SMILES string of the molecule is CCOC(=O)CCCCc1ccc(C)cc1[C@@H](C)OCC(O)CN1CCC[C@H]1Cc1ccc(C)c(F)c1. The van der Waals surface area contributed by atoms with Gasteiger partial charge in [0, 0.05) is 19.0 Å². The van der Waals surface area contributed by atoms with Gasteiger partial charge in [-0.25, -0.2) is 4.39 Å². The maximum absolute atomic E-state index is 14.0. The van der Waals surface area contributed by atoms with E-state index >= 15 is 0 Å². The number of hydrogen-bond acceptors (Lipinski definition) is 5. The summed E-state index contributed by atoms with van der Waals surface area (Å²) in [5.74, 6) is -0.289. The van der Waals surface area contributed by atoms with Crippen LogP contribution in [0.4, 0.5) is 4.39 Å². The fraction of sp³-hybridized carbons (Fsp3) is 0.581. The van der Waals surface area contributed by atoms with Crippen molar-refractivity contribution >= 4 is 5.97 Å². The largest absolute Gasteiger partial charge is 0.466 e. The minimum absolute atomic E-state index is 0.136. The zero-order chi connectivity index (χ0) is 26.8. The van der Waals surface area contributed by atoms with E-state index in [0.29, 0.717) is 31.2 Å². The van der Waals surface area contributed by atoms with Gasteiger partial charge in [0.25, 0.3) is 0 Å². The third-order valence-corrected chi connectivity index (χ3v) is 7.31. The summed E-state index contributed by atoms with van der Waals surface area (Å²) in [6, 6.07) is 12.2. The van der Waals surface area contributed by atoms with Crippen LogP contribution in [0, 0.1) is 19.7 Å². The Bertz CT molecular complexity index is 1010. The molecule has 0 amide bonds. The molecule has 0 bridgehead atoms. The summed E-state index contributed by atoms with van der Waals surface area (Å²) in [4.78, 5) is 13.9. The van der Waals surface area contributed by atoms with Crippen molar-refractivity contribution in [3.63, 3.8) is 0 Å². The molecule has 3 atom stereocenters. The number of β-amino-alcohol motifs (C(OH)–C–C–N with tert-alkyl or cyclic N) is 1. The summed E-state index contributed by atoms with van der Waals surface area (Å²) in [6.45, 7) is 9.90. The summed E-state index contributed by atoms with van der Waals surface area (Å²) >= 11 is 0. The predicted molar refractivity (Wildman–Crippen MR) is 145 cm³/mol. The Labute approximate surface area is 222 Å². The van der Waals surface area contributed by atoms with E-state index in [4.69, 9.17) is 9.47 Å². The second kappa shape index (κ2) is 14.6. The number of unbranched alkanes of at least 4 members (excludes halogenated alkanes) is 1. The van der Waals surface area contributed by atoms with Crippen LogP contribution in [0.15, 0.2) is 36.4 Å². The molecule has 1 aliphatic heterocycles. The lowest BCUT2D eigenvalue weighted by atomic mass is 9.96. The number of esters is 1. The van der Waals surface area contributed by atoms with Crippen molar-refractivity contribution in [3.05, 3.63) is 70.0 Å². The molecule has 0 aromatic heterocycles. The van der Waals surface area contributed by atoms with Crippen molar-refractivity contribution in [1.29, 1.82) is 0 Å². The Morgan fingerprint density at radius 1 is 1.19 bits per heavy atom. The number of benzene rings is 2. The maximum Gasteiger partial charge on any atom is 0.305 e. The number of carbonyl (C=O) groups is 1. The molecule has 37 heavy (non-hydrogen) atoms. The van der Waals surface area contributed by atoms with Gasteiger partial charge in [-0.3, -0.25) is 9.69 Å². The average molecular weight is 514 g/mol. The molecule has 0 aliphatic carbocycles. The molecule has 6 heteroatoms. The zero-order valence-corrected chi connectivity index (χ0v) is 23.0. The third-order valence-electron chi connectivity index (χ3n) is 7.31. The van der Waals surface area contributed by atoms with E-state index < -0.39 is 6.10 Å². The maximum atomic E-state index is 14.0. The quantitative estimate of drug-likeness (QED) is 0.253. The fourth-order valence-corrected chi connectivity index (χ4v) is 5.21. The number of carbonyl (C=O) groups excluding carboxylic acids is 1. The molecule has 0 spiro atoms. The van der Waals surface area contributed by atoms with Gasteiger partial charge in [-0.15, -0.1) is 0 Å². The van der Waals surface area contributed by atoms with Crippen LogP contribution in [-0.4, -0.2) is 54.4 Å². The van der Waals surface area contributed by atoms with Crippen LogP contribution in [0.2, 0.25) is 0 Å². The highest BCUT2D eigenvalue weighted by atomic mass is 19.1. The Balaban J connectivity index is 1.49. The number of aliphatic hydroxyl groups excluding tert-OH is 1. The summed E-state index contributed by atoms with van der Waals surface area (Å²) in [7, 11) is 0. The van der Waals surface area contributed by atoms with Crippen LogP contribution in [0.5, 0.6) is 0 Å². The minimum Gasteiger partial charge on any atom is -0.466 e. The topological polar surface area (TPSA) is 59.0 Å². The Kier molecular flexibility index (Phi) is 11.6. The number of nitrogens with zero attached hydrogens (tertiary/aromatic N) is 1. The fourth-order valence-electron chi connectivity index (χ4n) is 5.21.